The molecule has 0 spiro atoms. The van der Waals surface area contributed by atoms with Crippen LogP contribution < -0.4 is 10.1 Å². The van der Waals surface area contributed by atoms with E-state index in [9.17, 15) is 0 Å². The minimum Gasteiger partial charge on any atom is -0.492 e. The van der Waals surface area contributed by atoms with Gasteiger partial charge in [-0.05, 0) is 32.4 Å². The van der Waals surface area contributed by atoms with Crippen LogP contribution in [0.1, 0.15) is 18.9 Å². The summed E-state index contributed by atoms with van der Waals surface area (Å²) in [4.78, 5) is 9.72. The largest absolute Gasteiger partial charge is 0.492 e. The molecule has 1 unspecified atom stereocenters. The monoisotopic (exact) mass is 488 g/mol. The Balaban J connectivity index is 0.00000261. The number of aryl methyl sites for hydroxylation is 1. The Morgan fingerprint density at radius 1 is 1.22 bits per heavy atom. The van der Waals surface area contributed by atoms with E-state index in [-0.39, 0.29) is 24.0 Å². The molecule has 0 aromatic heterocycles. The average Bonchev–Trinajstić information content (AvgIpc) is 3.16. The molecule has 1 N–H and O–H groups in total. The number of halogens is 1. The number of aliphatic imine (C=N–C) groups is 1. The molecule has 27 heavy (non-hydrogen) atoms. The quantitative estimate of drug-likeness (QED) is 0.289. The normalized spacial score (nSPS) is 21.0. The van der Waals surface area contributed by atoms with Crippen LogP contribution in [0.4, 0.5) is 0 Å². The zero-order valence-electron chi connectivity index (χ0n) is 16.5. The van der Waals surface area contributed by atoms with E-state index < -0.39 is 0 Å². The number of ether oxygens (including phenoxy) is 2. The van der Waals surface area contributed by atoms with Crippen molar-refractivity contribution in [2.75, 3.05) is 59.1 Å². The minimum atomic E-state index is 0. The Morgan fingerprint density at radius 2 is 1.96 bits per heavy atom. The third-order valence-corrected chi connectivity index (χ3v) is 5.00. The number of rotatable bonds is 6. The Labute approximate surface area is 180 Å². The van der Waals surface area contributed by atoms with Gasteiger partial charge in [0.25, 0.3) is 0 Å². The van der Waals surface area contributed by atoms with Crippen molar-refractivity contribution in [1.29, 1.82) is 0 Å². The first-order valence-corrected chi connectivity index (χ1v) is 9.81. The standard InChI is InChI=1S/C20H32N4O2.HI/c1-3-21-20(22-9-13-26-19-6-4-17(2)5-7-19)24-10-8-18(16-24)23-11-14-25-15-12-23;/h4-7,18H,3,8-16H2,1-2H3,(H,21,22);1H. The number of likely N-dealkylation sites (tertiary alicyclic amines) is 1. The Morgan fingerprint density at radius 3 is 2.67 bits per heavy atom. The van der Waals surface area contributed by atoms with Crippen LogP contribution in [-0.4, -0.2) is 80.9 Å². The summed E-state index contributed by atoms with van der Waals surface area (Å²) in [6, 6.07) is 8.78. The number of nitrogens with one attached hydrogen (secondary N) is 1. The van der Waals surface area contributed by atoms with Gasteiger partial charge in [-0.1, -0.05) is 17.7 Å². The topological polar surface area (TPSA) is 49.3 Å². The Bertz CT molecular complexity index is 576. The van der Waals surface area contributed by atoms with E-state index in [0.29, 0.717) is 19.2 Å². The summed E-state index contributed by atoms with van der Waals surface area (Å²) in [6.07, 6.45) is 1.20. The third-order valence-electron chi connectivity index (χ3n) is 5.00. The molecule has 2 aliphatic heterocycles. The van der Waals surface area contributed by atoms with Crippen LogP contribution in [0.25, 0.3) is 0 Å². The van der Waals surface area contributed by atoms with Crippen molar-refractivity contribution >= 4 is 29.9 Å². The molecule has 0 bridgehead atoms. The first-order valence-electron chi connectivity index (χ1n) is 9.81. The maximum atomic E-state index is 5.79. The SMILES string of the molecule is CCNC(=NCCOc1ccc(C)cc1)N1CCC(N2CCOCC2)C1.I. The van der Waals surface area contributed by atoms with Gasteiger partial charge in [-0.15, -0.1) is 24.0 Å². The summed E-state index contributed by atoms with van der Waals surface area (Å²) in [5.74, 6) is 1.92. The maximum Gasteiger partial charge on any atom is 0.194 e. The molecule has 1 atom stereocenters. The number of nitrogens with zero attached hydrogens (tertiary/aromatic N) is 3. The molecule has 2 fully saturated rings. The molecule has 3 rings (SSSR count). The predicted molar refractivity (Wildman–Crippen MR) is 120 cm³/mol. The fourth-order valence-corrected chi connectivity index (χ4v) is 3.55. The van der Waals surface area contributed by atoms with Gasteiger partial charge >= 0.3 is 0 Å². The molecule has 0 aliphatic carbocycles. The average molecular weight is 488 g/mol. The molecule has 0 saturated carbocycles. The predicted octanol–water partition coefficient (Wildman–Crippen LogP) is 2.36. The fourth-order valence-electron chi connectivity index (χ4n) is 3.55. The van der Waals surface area contributed by atoms with E-state index >= 15 is 0 Å². The molecular formula is C20H33IN4O2. The summed E-state index contributed by atoms with van der Waals surface area (Å²) >= 11 is 0. The molecule has 2 aliphatic rings. The highest BCUT2D eigenvalue weighted by Crippen LogP contribution is 2.17. The lowest BCUT2D eigenvalue weighted by molar-refractivity contribution is 0.0195. The van der Waals surface area contributed by atoms with E-state index in [1.165, 1.54) is 12.0 Å². The Kier molecular flexibility index (Phi) is 9.64. The van der Waals surface area contributed by atoms with E-state index in [4.69, 9.17) is 14.5 Å². The molecule has 2 saturated heterocycles. The molecule has 1 aromatic carbocycles. The summed E-state index contributed by atoms with van der Waals surface area (Å²) < 4.78 is 11.3. The van der Waals surface area contributed by atoms with Crippen molar-refractivity contribution in [3.63, 3.8) is 0 Å². The number of hydrogen-bond acceptors (Lipinski definition) is 4. The van der Waals surface area contributed by atoms with E-state index in [2.05, 4.69) is 41.1 Å². The van der Waals surface area contributed by atoms with Crippen LogP contribution in [-0.2, 0) is 4.74 Å². The van der Waals surface area contributed by atoms with Crippen LogP contribution in [0.5, 0.6) is 5.75 Å². The molecular weight excluding hydrogens is 455 g/mol. The van der Waals surface area contributed by atoms with Gasteiger partial charge in [0.1, 0.15) is 12.4 Å². The van der Waals surface area contributed by atoms with Crippen LogP contribution >= 0.6 is 24.0 Å². The molecule has 2 heterocycles. The lowest BCUT2D eigenvalue weighted by atomic mass is 10.2. The van der Waals surface area contributed by atoms with Crippen molar-refractivity contribution in [3.05, 3.63) is 29.8 Å². The fraction of sp³-hybridized carbons (Fsp3) is 0.650. The van der Waals surface area contributed by atoms with Crippen molar-refractivity contribution < 1.29 is 9.47 Å². The second kappa shape index (κ2) is 11.7. The molecule has 0 amide bonds. The summed E-state index contributed by atoms with van der Waals surface area (Å²) in [5.41, 5.74) is 1.24. The highest BCUT2D eigenvalue weighted by Gasteiger charge is 2.30. The van der Waals surface area contributed by atoms with E-state index in [1.54, 1.807) is 0 Å². The van der Waals surface area contributed by atoms with Gasteiger partial charge in [0.15, 0.2) is 5.96 Å². The lowest BCUT2D eigenvalue weighted by Crippen LogP contribution is -2.46. The zero-order chi connectivity index (χ0) is 18.2. The van der Waals surface area contributed by atoms with E-state index in [0.717, 1.165) is 57.6 Å². The lowest BCUT2D eigenvalue weighted by Gasteiger charge is -2.32. The van der Waals surface area contributed by atoms with Crippen molar-refractivity contribution in [3.8, 4) is 5.75 Å². The minimum absolute atomic E-state index is 0. The molecule has 0 radical (unpaired) electrons. The van der Waals surface area contributed by atoms with Crippen molar-refractivity contribution in [2.24, 2.45) is 4.99 Å². The van der Waals surface area contributed by atoms with Gasteiger partial charge < -0.3 is 19.7 Å². The van der Waals surface area contributed by atoms with Crippen LogP contribution in [0.3, 0.4) is 0 Å². The number of hydrogen-bond donors (Lipinski definition) is 1. The molecule has 6 nitrogen and oxygen atoms in total. The van der Waals surface area contributed by atoms with Crippen molar-refractivity contribution in [2.45, 2.75) is 26.3 Å². The van der Waals surface area contributed by atoms with E-state index in [1.807, 2.05) is 12.1 Å². The van der Waals surface area contributed by atoms with Crippen LogP contribution in [0.15, 0.2) is 29.3 Å². The highest BCUT2D eigenvalue weighted by atomic mass is 127. The first kappa shape index (κ1) is 22.2. The third kappa shape index (κ3) is 6.80. The van der Waals surface area contributed by atoms with Gasteiger partial charge in [0.05, 0.1) is 19.8 Å². The summed E-state index contributed by atoms with van der Waals surface area (Å²) in [5, 5.41) is 3.43. The van der Waals surface area contributed by atoms with Crippen molar-refractivity contribution in [1.82, 2.24) is 15.1 Å². The zero-order valence-corrected chi connectivity index (χ0v) is 18.9. The van der Waals surface area contributed by atoms with Gasteiger partial charge in [-0.2, -0.15) is 0 Å². The molecule has 1 aromatic rings. The maximum absolute atomic E-state index is 5.79. The number of benzene rings is 1. The highest BCUT2D eigenvalue weighted by molar-refractivity contribution is 14.0. The van der Waals surface area contributed by atoms with Crippen LogP contribution in [0, 0.1) is 6.92 Å². The molecule has 152 valence electrons. The smallest absolute Gasteiger partial charge is 0.194 e. The van der Waals surface area contributed by atoms with Gasteiger partial charge in [-0.25, -0.2) is 4.99 Å². The number of guanidine groups is 1. The Hall–Kier alpha value is -1.06. The second-order valence-electron chi connectivity index (χ2n) is 6.93. The summed E-state index contributed by atoms with van der Waals surface area (Å²) in [7, 11) is 0. The second-order valence-corrected chi connectivity index (χ2v) is 6.93. The first-order chi connectivity index (χ1) is 12.8. The number of morpholine rings is 1. The van der Waals surface area contributed by atoms with Gasteiger partial charge in [0, 0.05) is 38.8 Å². The van der Waals surface area contributed by atoms with Crippen LogP contribution in [0.2, 0.25) is 0 Å². The molecule has 7 heteroatoms. The van der Waals surface area contributed by atoms with Gasteiger partial charge in [0.2, 0.25) is 0 Å². The van der Waals surface area contributed by atoms with Gasteiger partial charge in [-0.3, -0.25) is 4.90 Å². The summed E-state index contributed by atoms with van der Waals surface area (Å²) in [6.45, 7) is 12.3.